The van der Waals surface area contributed by atoms with Gasteiger partial charge in [0.05, 0.1) is 43.6 Å². The Kier molecular flexibility index (Phi) is 8.72. The molecule has 0 aliphatic heterocycles. The van der Waals surface area contributed by atoms with Crippen LogP contribution in [-0.2, 0) is 14.8 Å². The van der Waals surface area contributed by atoms with Crippen molar-refractivity contribution in [1.82, 2.24) is 0 Å². The molecule has 0 heterocycles. The van der Waals surface area contributed by atoms with E-state index in [1.54, 1.807) is 13.0 Å². The fourth-order valence-electron chi connectivity index (χ4n) is 4.07. The van der Waals surface area contributed by atoms with Crippen LogP contribution in [-0.4, -0.2) is 46.5 Å². The average molecular weight is 633 g/mol. The molecular formula is C28H20N6O10S. The number of amides is 1. The Morgan fingerprint density at radius 2 is 1.60 bits per heavy atom. The van der Waals surface area contributed by atoms with Crippen LogP contribution in [0.2, 0.25) is 0 Å². The standard InChI is InChI=1S/C28H20N6O10S/c1-2-24(35)30-23-12-22(32-31-20-7-6-17(34(41)42)9-16(20)13-29)25-19(26(23)36)4-3-5-21(25)33-45(43,44)18-10-14(27(37)38)8-15(11-18)28(39)40/h3-12,33,36H,2H2,1H3,(H,30,35)(H,37,38)(H,39,40). The number of carboxylic acid groups (broad SMARTS) is 2. The third-order valence-electron chi connectivity index (χ3n) is 6.24. The van der Waals surface area contributed by atoms with E-state index in [1.165, 1.54) is 30.3 Å². The molecule has 5 N–H and O–H groups in total. The number of hydrogen-bond donors (Lipinski definition) is 5. The lowest BCUT2D eigenvalue weighted by atomic mass is 10.0. The molecule has 0 aromatic heterocycles. The Labute approximate surface area is 253 Å². The number of phenols is 1. The van der Waals surface area contributed by atoms with E-state index < -0.39 is 54.6 Å². The number of phenolic OH excluding ortho intramolecular Hbond substituents is 1. The van der Waals surface area contributed by atoms with E-state index in [0.717, 1.165) is 30.3 Å². The van der Waals surface area contributed by atoms with E-state index in [1.807, 2.05) is 0 Å². The smallest absolute Gasteiger partial charge is 0.335 e. The minimum absolute atomic E-state index is 0.0206. The van der Waals surface area contributed by atoms with Crippen molar-refractivity contribution in [2.75, 3.05) is 10.0 Å². The van der Waals surface area contributed by atoms with Crippen LogP contribution in [0.15, 0.2) is 75.8 Å². The SMILES string of the molecule is CCC(=O)Nc1cc(N=Nc2ccc([N+](=O)[O-])cc2C#N)c2c(NS(=O)(=O)c3cc(C(=O)O)cc(C(=O)O)c3)cccc2c1O. The van der Waals surface area contributed by atoms with Crippen LogP contribution >= 0.6 is 0 Å². The molecule has 0 aliphatic carbocycles. The first kappa shape index (κ1) is 31.5. The highest BCUT2D eigenvalue weighted by Gasteiger charge is 2.23. The molecule has 228 valence electrons. The number of aromatic hydroxyl groups is 1. The molecule has 0 unspecified atom stereocenters. The number of anilines is 2. The fourth-order valence-corrected chi connectivity index (χ4v) is 5.21. The van der Waals surface area contributed by atoms with Crippen LogP contribution in [0.5, 0.6) is 5.75 Å². The van der Waals surface area contributed by atoms with E-state index in [9.17, 15) is 53.5 Å². The second kappa shape index (κ2) is 12.4. The molecule has 16 nitrogen and oxygen atoms in total. The molecule has 4 rings (SSSR count). The number of carbonyl (C=O) groups is 3. The van der Waals surface area contributed by atoms with Gasteiger partial charge in [0.15, 0.2) is 0 Å². The highest BCUT2D eigenvalue weighted by Crippen LogP contribution is 2.44. The van der Waals surface area contributed by atoms with Gasteiger partial charge in [0.25, 0.3) is 15.7 Å². The first-order valence-corrected chi connectivity index (χ1v) is 14.1. The number of carbonyl (C=O) groups excluding carboxylic acids is 1. The van der Waals surface area contributed by atoms with Crippen LogP contribution < -0.4 is 10.0 Å². The zero-order valence-corrected chi connectivity index (χ0v) is 23.7. The zero-order valence-electron chi connectivity index (χ0n) is 22.9. The lowest BCUT2D eigenvalue weighted by Gasteiger charge is -2.16. The molecule has 0 atom stereocenters. The molecule has 0 saturated carbocycles. The Bertz CT molecular complexity index is 2070. The van der Waals surface area contributed by atoms with Crippen molar-refractivity contribution in [3.63, 3.8) is 0 Å². The minimum atomic E-state index is -4.68. The van der Waals surface area contributed by atoms with Crippen molar-refractivity contribution in [3.8, 4) is 11.8 Å². The summed E-state index contributed by atoms with van der Waals surface area (Å²) >= 11 is 0. The topological polar surface area (TPSA) is 262 Å². The maximum absolute atomic E-state index is 13.4. The van der Waals surface area contributed by atoms with E-state index in [0.29, 0.717) is 0 Å². The summed E-state index contributed by atoms with van der Waals surface area (Å²) in [6.07, 6.45) is 0.0379. The van der Waals surface area contributed by atoms with Crippen molar-refractivity contribution in [2.45, 2.75) is 18.2 Å². The summed E-state index contributed by atoms with van der Waals surface area (Å²) in [5.41, 5.74) is -2.35. The van der Waals surface area contributed by atoms with Crippen LogP contribution in [0, 0.1) is 21.4 Å². The first-order chi connectivity index (χ1) is 21.2. The molecule has 0 radical (unpaired) electrons. The number of nitrogens with zero attached hydrogens (tertiary/aromatic N) is 4. The van der Waals surface area contributed by atoms with Gasteiger partial charge in [-0.2, -0.15) is 5.26 Å². The van der Waals surface area contributed by atoms with Crippen LogP contribution in [0.25, 0.3) is 10.8 Å². The number of nitrogens with one attached hydrogen (secondary N) is 2. The molecular weight excluding hydrogens is 612 g/mol. The number of hydrogen-bond acceptors (Lipinski definition) is 11. The van der Waals surface area contributed by atoms with Gasteiger partial charge in [-0.3, -0.25) is 19.6 Å². The number of azo groups is 1. The molecule has 1 amide bonds. The van der Waals surface area contributed by atoms with Gasteiger partial charge in [-0.1, -0.05) is 19.1 Å². The van der Waals surface area contributed by atoms with Crippen molar-refractivity contribution >= 4 is 67.1 Å². The van der Waals surface area contributed by atoms with E-state index in [-0.39, 0.29) is 51.2 Å². The van der Waals surface area contributed by atoms with Gasteiger partial charge < -0.3 is 20.6 Å². The second-order valence-corrected chi connectivity index (χ2v) is 10.8. The third-order valence-corrected chi connectivity index (χ3v) is 7.58. The Balaban J connectivity index is 1.93. The molecule has 45 heavy (non-hydrogen) atoms. The number of rotatable bonds is 10. The summed E-state index contributed by atoms with van der Waals surface area (Å²) in [5.74, 6) is -4.10. The summed E-state index contributed by atoms with van der Waals surface area (Å²) in [7, 11) is -4.68. The highest BCUT2D eigenvalue weighted by molar-refractivity contribution is 7.92. The Hall–Kier alpha value is -6.41. The Morgan fingerprint density at radius 3 is 2.18 bits per heavy atom. The molecule has 0 bridgehead atoms. The van der Waals surface area contributed by atoms with Gasteiger partial charge in [-0.15, -0.1) is 10.2 Å². The van der Waals surface area contributed by atoms with Gasteiger partial charge >= 0.3 is 11.9 Å². The molecule has 0 saturated heterocycles. The zero-order chi connectivity index (χ0) is 33.1. The Morgan fingerprint density at radius 1 is 0.956 bits per heavy atom. The van der Waals surface area contributed by atoms with Crippen molar-refractivity contribution in [1.29, 1.82) is 5.26 Å². The highest BCUT2D eigenvalue weighted by atomic mass is 32.2. The van der Waals surface area contributed by atoms with Crippen molar-refractivity contribution in [2.24, 2.45) is 10.2 Å². The minimum Gasteiger partial charge on any atom is -0.505 e. The summed E-state index contributed by atoms with van der Waals surface area (Å²) in [6.45, 7) is 1.56. The predicted octanol–water partition coefficient (Wildman–Crippen LogP) is 5.29. The largest absolute Gasteiger partial charge is 0.505 e. The van der Waals surface area contributed by atoms with Gasteiger partial charge in [0.2, 0.25) is 5.91 Å². The molecule has 0 fully saturated rings. The quantitative estimate of drug-likeness (QED) is 0.0649. The number of nitro groups is 1. The third kappa shape index (κ3) is 6.65. The normalized spacial score (nSPS) is 11.2. The summed E-state index contributed by atoms with van der Waals surface area (Å²) in [5, 5.41) is 60.9. The number of sulfonamides is 1. The molecule has 0 aliphatic rings. The number of non-ortho nitro benzene ring substituents is 1. The second-order valence-electron chi connectivity index (χ2n) is 9.15. The van der Waals surface area contributed by atoms with Gasteiger partial charge in [0.1, 0.15) is 17.5 Å². The number of fused-ring (bicyclic) bond motifs is 1. The number of benzene rings is 4. The number of aromatic carboxylic acids is 2. The average Bonchev–Trinajstić information content (AvgIpc) is 3.01. The number of carboxylic acids is 2. The van der Waals surface area contributed by atoms with Crippen LogP contribution in [0.4, 0.5) is 28.4 Å². The monoisotopic (exact) mass is 632 g/mol. The van der Waals surface area contributed by atoms with Gasteiger partial charge in [-0.05, 0) is 36.4 Å². The van der Waals surface area contributed by atoms with E-state index >= 15 is 0 Å². The van der Waals surface area contributed by atoms with Crippen molar-refractivity contribution in [3.05, 3.63) is 87.5 Å². The maximum Gasteiger partial charge on any atom is 0.335 e. The molecule has 0 spiro atoms. The predicted molar refractivity (Wildman–Crippen MR) is 158 cm³/mol. The number of nitriles is 1. The number of nitro benzene ring substituents is 1. The first-order valence-electron chi connectivity index (χ1n) is 12.6. The van der Waals surface area contributed by atoms with E-state index in [4.69, 9.17) is 0 Å². The molecule has 4 aromatic rings. The summed E-state index contributed by atoms with van der Waals surface area (Å²) in [4.78, 5) is 45.0. The van der Waals surface area contributed by atoms with Crippen LogP contribution in [0.3, 0.4) is 0 Å². The molecule has 17 heteroatoms. The molecule has 4 aromatic carbocycles. The van der Waals surface area contributed by atoms with Crippen molar-refractivity contribution < 1.29 is 43.0 Å². The summed E-state index contributed by atoms with van der Waals surface area (Å²) in [6, 6.07) is 12.5. The lowest BCUT2D eigenvalue weighted by molar-refractivity contribution is -0.384. The van der Waals surface area contributed by atoms with E-state index in [2.05, 4.69) is 20.3 Å². The van der Waals surface area contributed by atoms with Gasteiger partial charge in [-0.25, -0.2) is 18.0 Å². The summed E-state index contributed by atoms with van der Waals surface area (Å²) < 4.78 is 29.1. The van der Waals surface area contributed by atoms with Gasteiger partial charge in [0, 0.05) is 29.3 Å². The lowest BCUT2D eigenvalue weighted by Crippen LogP contribution is -2.15. The fraction of sp³-hybridized carbons (Fsp3) is 0.0714. The maximum atomic E-state index is 13.4. The van der Waals surface area contributed by atoms with Crippen LogP contribution in [0.1, 0.15) is 39.6 Å².